The third-order valence-corrected chi connectivity index (χ3v) is 4.58. The fourth-order valence-electron chi connectivity index (χ4n) is 2.29. The highest BCUT2D eigenvalue weighted by molar-refractivity contribution is 7.07. The average Bonchev–Trinajstić information content (AvgIpc) is 2.96. The van der Waals surface area contributed by atoms with Crippen molar-refractivity contribution < 1.29 is 9.32 Å². The lowest BCUT2D eigenvalue weighted by atomic mass is 10.00. The van der Waals surface area contributed by atoms with Gasteiger partial charge >= 0.3 is 0 Å². The van der Waals surface area contributed by atoms with Crippen LogP contribution >= 0.6 is 11.5 Å². The van der Waals surface area contributed by atoms with Crippen molar-refractivity contribution in [1.29, 1.82) is 0 Å². The lowest BCUT2D eigenvalue weighted by Crippen LogP contribution is -2.48. The SMILES string of the molecule is Cc1nnsc1C(=O)N1CC(c2nc(C3CC3)no2)C1. The highest BCUT2D eigenvalue weighted by Gasteiger charge is 2.38. The maximum absolute atomic E-state index is 12.2. The van der Waals surface area contributed by atoms with Gasteiger partial charge < -0.3 is 9.42 Å². The minimum atomic E-state index is -0.00400. The highest BCUT2D eigenvalue weighted by atomic mass is 32.1. The lowest BCUT2D eigenvalue weighted by molar-refractivity contribution is 0.0573. The predicted octanol–water partition coefficient (Wildman–Crippen LogP) is 1.35. The van der Waals surface area contributed by atoms with E-state index in [0.717, 1.165) is 30.2 Å². The molecule has 1 amide bonds. The Bertz CT molecular complexity index is 656. The quantitative estimate of drug-likeness (QED) is 0.848. The van der Waals surface area contributed by atoms with E-state index in [1.165, 1.54) is 0 Å². The molecule has 0 N–H and O–H groups in total. The normalized spacial score (nSPS) is 19.1. The zero-order valence-corrected chi connectivity index (χ0v) is 11.8. The largest absolute Gasteiger partial charge is 0.339 e. The maximum atomic E-state index is 12.2. The molecule has 0 radical (unpaired) electrons. The lowest BCUT2D eigenvalue weighted by Gasteiger charge is -2.36. The van der Waals surface area contributed by atoms with Crippen LogP contribution in [0, 0.1) is 6.92 Å². The van der Waals surface area contributed by atoms with Crippen LogP contribution in [0.1, 0.15) is 51.8 Å². The smallest absolute Gasteiger partial charge is 0.267 e. The molecule has 1 aliphatic carbocycles. The highest BCUT2D eigenvalue weighted by Crippen LogP contribution is 2.39. The second-order valence-electron chi connectivity index (χ2n) is 5.36. The Morgan fingerprint density at radius 3 is 2.80 bits per heavy atom. The number of likely N-dealkylation sites (tertiary alicyclic amines) is 1. The van der Waals surface area contributed by atoms with Crippen LogP contribution in [0.25, 0.3) is 0 Å². The molecule has 1 saturated carbocycles. The van der Waals surface area contributed by atoms with Gasteiger partial charge in [0.05, 0.1) is 11.6 Å². The molecule has 4 rings (SSSR count). The number of amides is 1. The van der Waals surface area contributed by atoms with Gasteiger partial charge in [-0.25, -0.2) is 0 Å². The van der Waals surface area contributed by atoms with Crippen LogP contribution in [0.5, 0.6) is 0 Å². The van der Waals surface area contributed by atoms with Crippen molar-refractivity contribution in [2.75, 3.05) is 13.1 Å². The maximum Gasteiger partial charge on any atom is 0.267 e. The van der Waals surface area contributed by atoms with Gasteiger partial charge in [-0.1, -0.05) is 9.64 Å². The number of carbonyl (C=O) groups excluding carboxylic acids is 1. The molecule has 1 aliphatic heterocycles. The van der Waals surface area contributed by atoms with E-state index in [2.05, 4.69) is 19.7 Å². The molecule has 7 nitrogen and oxygen atoms in total. The first kappa shape index (κ1) is 12.0. The van der Waals surface area contributed by atoms with Crippen molar-refractivity contribution in [3.05, 3.63) is 22.3 Å². The zero-order chi connectivity index (χ0) is 13.7. The predicted molar refractivity (Wildman–Crippen MR) is 69.6 cm³/mol. The van der Waals surface area contributed by atoms with E-state index in [0.29, 0.717) is 35.5 Å². The summed E-state index contributed by atoms with van der Waals surface area (Å²) in [6.45, 7) is 3.05. The molecule has 0 atom stereocenters. The summed E-state index contributed by atoms with van der Waals surface area (Å²) in [6.07, 6.45) is 2.32. The van der Waals surface area contributed by atoms with Crippen LogP contribution in [0.2, 0.25) is 0 Å². The molecule has 0 unspecified atom stereocenters. The minimum Gasteiger partial charge on any atom is -0.339 e. The van der Waals surface area contributed by atoms with E-state index in [-0.39, 0.29) is 11.8 Å². The van der Waals surface area contributed by atoms with Gasteiger partial charge in [0.2, 0.25) is 5.89 Å². The molecular formula is C12H13N5O2S. The first-order chi connectivity index (χ1) is 9.72. The molecule has 2 aromatic rings. The third-order valence-electron chi connectivity index (χ3n) is 3.76. The Hall–Kier alpha value is -1.83. The standard InChI is InChI=1S/C12H13N5O2S/c1-6-9(20-16-14-6)12(18)17-4-8(5-17)11-13-10(15-19-11)7-2-3-7/h7-8H,2-5H2,1H3. The van der Waals surface area contributed by atoms with Crippen LogP contribution in [-0.4, -0.2) is 43.6 Å². The first-order valence-corrected chi connectivity index (χ1v) is 7.41. The molecule has 8 heteroatoms. The number of hydrogen-bond acceptors (Lipinski definition) is 7. The van der Waals surface area contributed by atoms with Crippen LogP contribution < -0.4 is 0 Å². The second-order valence-corrected chi connectivity index (χ2v) is 6.11. The monoisotopic (exact) mass is 291 g/mol. The molecule has 2 aromatic heterocycles. The fourth-order valence-corrected chi connectivity index (χ4v) is 2.92. The Labute approximate surface area is 119 Å². The summed E-state index contributed by atoms with van der Waals surface area (Å²) in [6, 6.07) is 0. The van der Waals surface area contributed by atoms with E-state index < -0.39 is 0 Å². The summed E-state index contributed by atoms with van der Waals surface area (Å²) < 4.78 is 9.08. The van der Waals surface area contributed by atoms with Crippen molar-refractivity contribution in [3.8, 4) is 0 Å². The van der Waals surface area contributed by atoms with Crippen molar-refractivity contribution in [2.24, 2.45) is 0 Å². The Balaban J connectivity index is 1.41. The number of hydrogen-bond donors (Lipinski definition) is 0. The van der Waals surface area contributed by atoms with Crippen LogP contribution in [0.3, 0.4) is 0 Å². The average molecular weight is 291 g/mol. The van der Waals surface area contributed by atoms with Gasteiger partial charge in [-0.05, 0) is 31.3 Å². The van der Waals surface area contributed by atoms with Gasteiger partial charge in [-0.15, -0.1) is 5.10 Å². The summed E-state index contributed by atoms with van der Waals surface area (Å²) >= 11 is 1.14. The molecule has 0 aromatic carbocycles. The van der Waals surface area contributed by atoms with Gasteiger partial charge in [0.15, 0.2) is 5.82 Å². The van der Waals surface area contributed by atoms with Crippen molar-refractivity contribution in [2.45, 2.75) is 31.6 Å². The van der Waals surface area contributed by atoms with Crippen molar-refractivity contribution in [1.82, 2.24) is 24.6 Å². The van der Waals surface area contributed by atoms with Crippen molar-refractivity contribution in [3.63, 3.8) is 0 Å². The second kappa shape index (κ2) is 4.34. The molecule has 2 fully saturated rings. The Morgan fingerprint density at radius 2 is 2.15 bits per heavy atom. The molecule has 2 aliphatic rings. The summed E-state index contributed by atoms with van der Waals surface area (Å²) in [5.74, 6) is 2.15. The first-order valence-electron chi connectivity index (χ1n) is 6.64. The summed E-state index contributed by atoms with van der Waals surface area (Å²) in [7, 11) is 0. The van der Waals surface area contributed by atoms with E-state index >= 15 is 0 Å². The molecule has 0 bridgehead atoms. The topological polar surface area (TPSA) is 85.0 Å². The molecule has 0 spiro atoms. The van der Waals surface area contributed by atoms with Crippen LogP contribution in [0.4, 0.5) is 0 Å². The number of carbonyl (C=O) groups is 1. The summed E-state index contributed by atoms with van der Waals surface area (Å²) in [5, 5.41) is 7.87. The van der Waals surface area contributed by atoms with Gasteiger partial charge in [-0.3, -0.25) is 4.79 Å². The molecular weight excluding hydrogens is 278 g/mol. The van der Waals surface area contributed by atoms with Gasteiger partial charge in [-0.2, -0.15) is 4.98 Å². The van der Waals surface area contributed by atoms with E-state index in [4.69, 9.17) is 4.52 Å². The summed E-state index contributed by atoms with van der Waals surface area (Å²) in [5.41, 5.74) is 0.692. The number of aryl methyl sites for hydroxylation is 1. The molecule has 104 valence electrons. The Kier molecular flexibility index (Phi) is 2.59. The van der Waals surface area contributed by atoms with E-state index in [1.807, 2.05) is 0 Å². The van der Waals surface area contributed by atoms with E-state index in [1.54, 1.807) is 11.8 Å². The van der Waals surface area contributed by atoms with E-state index in [9.17, 15) is 4.79 Å². The number of nitrogens with zero attached hydrogens (tertiary/aromatic N) is 5. The summed E-state index contributed by atoms with van der Waals surface area (Å²) in [4.78, 5) is 19.0. The zero-order valence-electron chi connectivity index (χ0n) is 10.9. The number of rotatable bonds is 3. The van der Waals surface area contributed by atoms with Crippen LogP contribution in [-0.2, 0) is 0 Å². The fraction of sp³-hybridized carbons (Fsp3) is 0.583. The van der Waals surface area contributed by atoms with Gasteiger partial charge in [0, 0.05) is 19.0 Å². The number of aromatic nitrogens is 4. The van der Waals surface area contributed by atoms with Gasteiger partial charge in [0.1, 0.15) is 4.88 Å². The van der Waals surface area contributed by atoms with Gasteiger partial charge in [0.25, 0.3) is 5.91 Å². The Morgan fingerprint density at radius 1 is 1.35 bits per heavy atom. The minimum absolute atomic E-state index is 0.00400. The van der Waals surface area contributed by atoms with Crippen molar-refractivity contribution >= 4 is 17.4 Å². The molecule has 1 saturated heterocycles. The molecule has 3 heterocycles. The third kappa shape index (κ3) is 1.91. The molecule has 20 heavy (non-hydrogen) atoms. The van der Waals surface area contributed by atoms with Crippen LogP contribution in [0.15, 0.2) is 4.52 Å².